The molecule has 0 aliphatic carbocycles. The number of nitrogens with two attached hydrogens (primary N) is 1. The highest BCUT2D eigenvalue weighted by Gasteiger charge is 2.33. The van der Waals surface area contributed by atoms with Crippen LogP contribution in [0.3, 0.4) is 0 Å². The van der Waals surface area contributed by atoms with Crippen LogP contribution in [-0.2, 0) is 9.84 Å². The standard InChI is InChI=1S/C9H13FN4O2S2/c1-18(15,16)7-5-17-3-2-14(7)8-6(10)4-12-9(11)13-8/h4,7H,2-3,5H2,1H3,(H2,11,12,13). The van der Waals surface area contributed by atoms with Crippen LogP contribution >= 0.6 is 11.8 Å². The molecular weight excluding hydrogens is 279 g/mol. The van der Waals surface area contributed by atoms with E-state index in [2.05, 4.69) is 9.97 Å². The first kappa shape index (κ1) is 13.3. The number of thioether (sulfide) groups is 1. The van der Waals surface area contributed by atoms with E-state index < -0.39 is 21.0 Å². The van der Waals surface area contributed by atoms with E-state index in [-0.39, 0.29) is 11.8 Å². The van der Waals surface area contributed by atoms with Gasteiger partial charge in [0.15, 0.2) is 21.5 Å². The smallest absolute Gasteiger partial charge is 0.222 e. The summed E-state index contributed by atoms with van der Waals surface area (Å²) in [6.45, 7) is 0.412. The lowest BCUT2D eigenvalue weighted by Crippen LogP contribution is -2.47. The van der Waals surface area contributed by atoms with E-state index in [1.807, 2.05) is 0 Å². The lowest BCUT2D eigenvalue weighted by atomic mass is 10.4. The fraction of sp³-hybridized carbons (Fsp3) is 0.556. The van der Waals surface area contributed by atoms with Crippen molar-refractivity contribution in [3.8, 4) is 0 Å². The van der Waals surface area contributed by atoms with Gasteiger partial charge in [-0.3, -0.25) is 0 Å². The minimum absolute atomic E-state index is 0.0433. The number of rotatable bonds is 2. The molecule has 0 amide bonds. The molecule has 2 N–H and O–H groups in total. The van der Waals surface area contributed by atoms with Gasteiger partial charge in [0, 0.05) is 24.3 Å². The average Bonchev–Trinajstić information content (AvgIpc) is 2.31. The van der Waals surface area contributed by atoms with Gasteiger partial charge in [0.25, 0.3) is 0 Å². The highest BCUT2D eigenvalue weighted by atomic mass is 32.2. The van der Waals surface area contributed by atoms with E-state index in [9.17, 15) is 12.8 Å². The minimum atomic E-state index is -3.32. The predicted octanol–water partition coefficient (Wildman–Crippen LogP) is 0.122. The molecule has 0 spiro atoms. The molecule has 1 fully saturated rings. The minimum Gasteiger partial charge on any atom is -0.368 e. The van der Waals surface area contributed by atoms with Crippen LogP contribution in [0.4, 0.5) is 16.2 Å². The number of sulfone groups is 1. The van der Waals surface area contributed by atoms with Crippen molar-refractivity contribution >= 4 is 33.4 Å². The van der Waals surface area contributed by atoms with Crippen molar-refractivity contribution in [2.75, 3.05) is 34.9 Å². The monoisotopic (exact) mass is 292 g/mol. The molecule has 1 aliphatic rings. The van der Waals surface area contributed by atoms with Gasteiger partial charge in [-0.25, -0.2) is 17.8 Å². The highest BCUT2D eigenvalue weighted by molar-refractivity contribution is 8.01. The quantitative estimate of drug-likeness (QED) is 0.828. The van der Waals surface area contributed by atoms with Crippen molar-refractivity contribution in [1.29, 1.82) is 0 Å². The largest absolute Gasteiger partial charge is 0.368 e. The molecule has 0 saturated carbocycles. The number of hydrogen-bond acceptors (Lipinski definition) is 7. The summed E-state index contributed by atoms with van der Waals surface area (Å²) in [5, 5.41) is -0.778. The zero-order valence-electron chi connectivity index (χ0n) is 9.71. The summed E-state index contributed by atoms with van der Waals surface area (Å²) in [5.74, 6) is 0.331. The zero-order valence-corrected chi connectivity index (χ0v) is 11.3. The predicted molar refractivity (Wildman–Crippen MR) is 69.7 cm³/mol. The second-order valence-corrected chi connectivity index (χ2v) is 7.31. The first-order valence-corrected chi connectivity index (χ1v) is 8.32. The van der Waals surface area contributed by atoms with Crippen molar-refractivity contribution < 1.29 is 12.8 Å². The van der Waals surface area contributed by atoms with Gasteiger partial charge < -0.3 is 10.6 Å². The van der Waals surface area contributed by atoms with Crippen molar-refractivity contribution in [1.82, 2.24) is 9.97 Å². The summed E-state index contributed by atoms with van der Waals surface area (Å²) in [6.07, 6.45) is 2.09. The highest BCUT2D eigenvalue weighted by Crippen LogP contribution is 2.27. The van der Waals surface area contributed by atoms with Crippen LogP contribution in [0.2, 0.25) is 0 Å². The van der Waals surface area contributed by atoms with Gasteiger partial charge in [0.2, 0.25) is 5.95 Å². The molecule has 9 heteroatoms. The van der Waals surface area contributed by atoms with Crippen LogP contribution < -0.4 is 10.6 Å². The Morgan fingerprint density at radius 3 is 3.00 bits per heavy atom. The first-order chi connectivity index (χ1) is 8.39. The Bertz CT molecular complexity index is 551. The third-order valence-corrected chi connectivity index (χ3v) is 5.24. The normalized spacial score (nSPS) is 21.0. The van der Waals surface area contributed by atoms with Gasteiger partial charge in [-0.15, -0.1) is 0 Å². The van der Waals surface area contributed by atoms with Crippen molar-refractivity contribution in [2.24, 2.45) is 0 Å². The van der Waals surface area contributed by atoms with Gasteiger partial charge in [-0.2, -0.15) is 16.7 Å². The van der Waals surface area contributed by atoms with Crippen LogP contribution in [0.25, 0.3) is 0 Å². The summed E-state index contributed by atoms with van der Waals surface area (Å²) in [4.78, 5) is 8.78. The Hall–Kier alpha value is -1.09. The number of nitrogens with zero attached hydrogens (tertiary/aromatic N) is 3. The van der Waals surface area contributed by atoms with Crippen LogP contribution in [-0.4, -0.2) is 48.1 Å². The molecule has 0 bridgehead atoms. The SMILES string of the molecule is CS(=O)(=O)C1CSCCN1c1nc(N)ncc1F. The number of hydrogen-bond donors (Lipinski definition) is 1. The second-order valence-electron chi connectivity index (χ2n) is 3.95. The van der Waals surface area contributed by atoms with Crippen LogP contribution in [0.15, 0.2) is 6.20 Å². The summed E-state index contributed by atoms with van der Waals surface area (Å²) in [7, 11) is -3.32. The molecule has 1 saturated heterocycles. The maximum absolute atomic E-state index is 13.7. The molecule has 1 atom stereocenters. The molecule has 1 aromatic heterocycles. The van der Waals surface area contributed by atoms with Crippen LogP contribution in [0.1, 0.15) is 0 Å². The van der Waals surface area contributed by atoms with Gasteiger partial charge in [-0.1, -0.05) is 0 Å². The van der Waals surface area contributed by atoms with E-state index in [0.717, 1.165) is 18.2 Å². The maximum atomic E-state index is 13.7. The fourth-order valence-electron chi connectivity index (χ4n) is 1.75. The molecule has 1 aromatic rings. The maximum Gasteiger partial charge on any atom is 0.222 e. The van der Waals surface area contributed by atoms with Crippen molar-refractivity contribution in [2.45, 2.75) is 5.37 Å². The van der Waals surface area contributed by atoms with E-state index in [0.29, 0.717) is 12.3 Å². The van der Waals surface area contributed by atoms with E-state index in [1.54, 1.807) is 0 Å². The Labute approximate surface area is 109 Å². The van der Waals surface area contributed by atoms with E-state index in [1.165, 1.54) is 16.7 Å². The average molecular weight is 292 g/mol. The molecule has 2 heterocycles. The third kappa shape index (κ3) is 2.66. The molecule has 0 radical (unpaired) electrons. The first-order valence-electron chi connectivity index (χ1n) is 5.21. The second kappa shape index (κ2) is 4.88. The number of anilines is 2. The summed E-state index contributed by atoms with van der Waals surface area (Å²) in [6, 6.07) is 0. The van der Waals surface area contributed by atoms with Gasteiger partial charge >= 0.3 is 0 Å². The summed E-state index contributed by atoms with van der Waals surface area (Å²) < 4.78 is 37.1. The molecule has 1 unspecified atom stereocenters. The molecule has 0 aromatic carbocycles. The van der Waals surface area contributed by atoms with Gasteiger partial charge in [0.1, 0.15) is 5.37 Å². The Kier molecular flexibility index (Phi) is 3.62. The Morgan fingerprint density at radius 2 is 2.33 bits per heavy atom. The Balaban J connectivity index is 2.43. The van der Waals surface area contributed by atoms with E-state index >= 15 is 0 Å². The lowest BCUT2D eigenvalue weighted by molar-refractivity contribution is 0.573. The Morgan fingerprint density at radius 1 is 1.61 bits per heavy atom. The summed E-state index contributed by atoms with van der Waals surface area (Å²) >= 11 is 1.52. The topological polar surface area (TPSA) is 89.2 Å². The number of nitrogen functional groups attached to an aromatic ring is 1. The van der Waals surface area contributed by atoms with E-state index in [4.69, 9.17) is 5.73 Å². The van der Waals surface area contributed by atoms with Crippen molar-refractivity contribution in [3.05, 3.63) is 12.0 Å². The fourth-order valence-corrected chi connectivity index (χ4v) is 4.57. The van der Waals surface area contributed by atoms with Crippen molar-refractivity contribution in [3.63, 3.8) is 0 Å². The molecule has 18 heavy (non-hydrogen) atoms. The molecule has 6 nitrogen and oxygen atoms in total. The third-order valence-electron chi connectivity index (χ3n) is 2.60. The van der Waals surface area contributed by atoms with Gasteiger partial charge in [-0.05, 0) is 0 Å². The number of aromatic nitrogens is 2. The zero-order chi connectivity index (χ0) is 13.3. The number of halogens is 1. The van der Waals surface area contributed by atoms with Gasteiger partial charge in [0.05, 0.1) is 6.20 Å². The lowest BCUT2D eigenvalue weighted by Gasteiger charge is -2.34. The summed E-state index contributed by atoms with van der Waals surface area (Å²) in [5.41, 5.74) is 5.42. The van der Waals surface area contributed by atoms with Crippen LogP contribution in [0.5, 0.6) is 0 Å². The molecule has 100 valence electrons. The molecule has 2 rings (SSSR count). The van der Waals surface area contributed by atoms with Crippen LogP contribution in [0, 0.1) is 5.82 Å². The molecular formula is C9H13FN4O2S2. The molecule has 1 aliphatic heterocycles.